The number of Topliss-reactive ketones (excluding diaryl/α,β-unsaturated/α-hetero) is 1. The number of carbonyl (C=O) groups excluding carboxylic acids is 1. The van der Waals surface area contributed by atoms with E-state index in [4.69, 9.17) is 4.74 Å². The molecule has 0 aliphatic rings. The van der Waals surface area contributed by atoms with Crippen molar-refractivity contribution < 1.29 is 39.2 Å². The lowest BCUT2D eigenvalue weighted by Gasteiger charge is -2.47. The molecule has 0 saturated carbocycles. The molecule has 0 fully saturated rings. The molecule has 0 aromatic carbocycles. The normalized spacial score (nSPS) is 13.1. The summed E-state index contributed by atoms with van der Waals surface area (Å²) in [5, 5.41) is 33.6. The Morgan fingerprint density at radius 2 is 0.556 bits per heavy atom. The van der Waals surface area contributed by atoms with Crippen molar-refractivity contribution in [1.29, 1.82) is 0 Å². The molecule has 0 aromatic rings. The largest absolute Gasteiger partial charge is 0.481 e. The van der Waals surface area contributed by atoms with E-state index in [2.05, 4.69) is 20.8 Å². The lowest BCUT2D eigenvalue weighted by molar-refractivity contribution is -0.219. The van der Waals surface area contributed by atoms with E-state index in [1.165, 1.54) is 212 Å². The maximum atomic E-state index is 14.0. The van der Waals surface area contributed by atoms with Gasteiger partial charge in [0.15, 0.2) is 11.7 Å². The predicted octanol–water partition coefficient (Wildman–Crippen LogP) is 20.5. The summed E-state index contributed by atoms with van der Waals surface area (Å²) in [6.45, 7) is 8.44. The Kier molecular flexibility index (Phi) is 49.8. The summed E-state index contributed by atoms with van der Waals surface area (Å²) in [5.41, 5.74) is -4.80. The van der Waals surface area contributed by atoms with Gasteiger partial charge in [-0.15, -0.1) is 0 Å². The lowest BCUT2D eigenvalue weighted by atomic mass is 9.59. The molecule has 0 saturated heterocycles. The van der Waals surface area contributed by atoms with Gasteiger partial charge in [0, 0.05) is 13.0 Å². The van der Waals surface area contributed by atoms with E-state index in [0.29, 0.717) is 25.7 Å². The Labute approximate surface area is 446 Å². The van der Waals surface area contributed by atoms with Crippen molar-refractivity contribution in [3.05, 3.63) is 0 Å². The van der Waals surface area contributed by atoms with Gasteiger partial charge in [0.25, 0.3) is 0 Å². The molecule has 2 unspecified atom stereocenters. The van der Waals surface area contributed by atoms with E-state index >= 15 is 0 Å². The number of hydrogen-bond donors (Lipinski definition) is 3. The van der Waals surface area contributed by atoms with Crippen LogP contribution in [-0.4, -0.2) is 51.2 Å². The number of aliphatic carboxylic acids is 3. The van der Waals surface area contributed by atoms with Crippen LogP contribution in [0.1, 0.15) is 362 Å². The molecular weight excluding hydrogens is 897 g/mol. The first-order valence-electron chi connectivity index (χ1n) is 32.0. The number of ketones is 1. The molecule has 72 heavy (non-hydrogen) atoms. The number of unbranched alkanes of at least 4 members (excludes halogenated alkanes) is 45. The van der Waals surface area contributed by atoms with Crippen LogP contribution in [-0.2, 0) is 23.9 Å². The number of carboxylic acid groups (broad SMARTS) is 3. The number of ether oxygens (including phenoxy) is 1. The predicted molar refractivity (Wildman–Crippen MR) is 305 cm³/mol. The monoisotopic (exact) mass is 1020 g/mol. The number of carbonyl (C=O) groups is 4. The smallest absolute Gasteiger partial charge is 0.338 e. The second kappa shape index (κ2) is 51.2. The molecule has 8 heteroatoms. The third-order valence-corrected chi connectivity index (χ3v) is 16.2. The molecule has 3 N–H and O–H groups in total. The molecule has 0 heterocycles. The summed E-state index contributed by atoms with van der Waals surface area (Å²) >= 11 is 0. The minimum Gasteiger partial charge on any atom is -0.481 e. The van der Waals surface area contributed by atoms with Crippen LogP contribution in [0.25, 0.3) is 0 Å². The van der Waals surface area contributed by atoms with Gasteiger partial charge in [0.1, 0.15) is 5.41 Å². The fourth-order valence-corrected chi connectivity index (χ4v) is 11.5. The first-order valence-corrected chi connectivity index (χ1v) is 32.0. The summed E-state index contributed by atoms with van der Waals surface area (Å²) < 4.78 is 6.40. The molecule has 0 aromatic heterocycles. The van der Waals surface area contributed by atoms with Crippen molar-refractivity contribution in [3.8, 4) is 0 Å². The minimum absolute atomic E-state index is 0.0338. The fraction of sp³-hybridized carbons (Fsp3) is 0.938. The van der Waals surface area contributed by atoms with Gasteiger partial charge in [-0.1, -0.05) is 329 Å². The van der Waals surface area contributed by atoms with E-state index in [1.807, 2.05) is 0 Å². The molecule has 426 valence electrons. The number of rotatable bonds is 60. The van der Waals surface area contributed by atoms with Gasteiger partial charge in [-0.25, -0.2) is 4.79 Å². The summed E-state index contributed by atoms with van der Waals surface area (Å²) in [4.78, 5) is 55.2. The Morgan fingerprint density at radius 3 is 0.764 bits per heavy atom. The molecule has 0 rings (SSSR count). The van der Waals surface area contributed by atoms with E-state index in [1.54, 1.807) is 6.92 Å². The van der Waals surface area contributed by atoms with Crippen LogP contribution in [0.4, 0.5) is 0 Å². The Balaban J connectivity index is 5.72. The SMILES string of the molecule is CCCCCCCCCCCCCCCCCCOC(C(=O)O)(C(C(=O)O)C(=O)CCC)C(CCCCCCCCCCCCCCCCCC)(CCCCCCCCCCCCCCCCCC)C(=O)O. The Bertz CT molecular complexity index is 1200. The highest BCUT2D eigenvalue weighted by Crippen LogP contribution is 2.50. The average Bonchev–Trinajstić information content (AvgIpc) is 3.35. The highest BCUT2D eigenvalue weighted by atomic mass is 16.5. The van der Waals surface area contributed by atoms with Crippen LogP contribution in [0.3, 0.4) is 0 Å². The van der Waals surface area contributed by atoms with Crippen LogP contribution in [0.15, 0.2) is 0 Å². The first kappa shape index (κ1) is 70.0. The molecule has 8 nitrogen and oxygen atoms in total. The standard InChI is InChI=1S/C64H122O8/c1-5-9-12-15-18-21-24-27-30-33-36-39-42-45-48-51-55-63(61(68)69,56-52-49-46-43-40-37-34-31-28-25-22-19-16-13-10-6-2)64(62(70)71,59(60(66)67)58(65)54-8-4)72-57-53-50-47-44-41-38-35-32-29-26-23-20-17-14-11-7-3/h59H,5-57H2,1-4H3,(H,66,67)(H,68,69)(H,70,71). The topological polar surface area (TPSA) is 138 Å². The van der Waals surface area contributed by atoms with Crippen molar-refractivity contribution in [2.24, 2.45) is 11.3 Å². The van der Waals surface area contributed by atoms with Gasteiger partial charge in [0.2, 0.25) is 5.60 Å². The van der Waals surface area contributed by atoms with Crippen molar-refractivity contribution in [3.63, 3.8) is 0 Å². The Morgan fingerprint density at radius 1 is 0.319 bits per heavy atom. The van der Waals surface area contributed by atoms with E-state index in [-0.39, 0.29) is 25.9 Å². The second-order valence-corrected chi connectivity index (χ2v) is 22.7. The summed E-state index contributed by atoms with van der Waals surface area (Å²) in [6.07, 6.45) is 56.2. The zero-order valence-corrected chi connectivity index (χ0v) is 48.4. The quantitative estimate of drug-likeness (QED) is 0.0404. The first-order chi connectivity index (χ1) is 35.1. The molecule has 2 atom stereocenters. The zero-order valence-electron chi connectivity index (χ0n) is 48.4. The molecule has 0 spiro atoms. The van der Waals surface area contributed by atoms with Crippen molar-refractivity contribution in [2.45, 2.75) is 367 Å². The van der Waals surface area contributed by atoms with E-state index < -0.39 is 40.6 Å². The van der Waals surface area contributed by atoms with Gasteiger partial charge in [-0.2, -0.15) is 0 Å². The molecule has 0 aliphatic carbocycles. The van der Waals surface area contributed by atoms with Gasteiger partial charge < -0.3 is 20.1 Å². The Hall–Kier alpha value is -1.96. The highest BCUT2D eigenvalue weighted by molar-refractivity contribution is 6.06. The average molecular weight is 1020 g/mol. The van der Waals surface area contributed by atoms with Crippen molar-refractivity contribution in [2.75, 3.05) is 6.61 Å². The van der Waals surface area contributed by atoms with Crippen LogP contribution in [0.5, 0.6) is 0 Å². The molecule has 0 radical (unpaired) electrons. The molecular formula is C64H122O8. The van der Waals surface area contributed by atoms with Crippen molar-refractivity contribution >= 4 is 23.7 Å². The fourth-order valence-electron chi connectivity index (χ4n) is 11.5. The lowest BCUT2D eigenvalue weighted by Crippen LogP contribution is -2.67. The van der Waals surface area contributed by atoms with Gasteiger partial charge in [0.05, 0.1) is 0 Å². The van der Waals surface area contributed by atoms with Gasteiger partial charge in [-0.3, -0.25) is 14.4 Å². The number of carboxylic acids is 3. The van der Waals surface area contributed by atoms with Crippen molar-refractivity contribution in [1.82, 2.24) is 0 Å². The maximum Gasteiger partial charge on any atom is 0.338 e. The number of hydrogen-bond acceptors (Lipinski definition) is 5. The molecule has 0 aliphatic heterocycles. The summed E-state index contributed by atoms with van der Waals surface area (Å²) in [6, 6.07) is 0. The summed E-state index contributed by atoms with van der Waals surface area (Å²) in [5.74, 6) is -7.47. The van der Waals surface area contributed by atoms with Crippen LogP contribution in [0.2, 0.25) is 0 Å². The van der Waals surface area contributed by atoms with Crippen LogP contribution >= 0.6 is 0 Å². The van der Waals surface area contributed by atoms with Crippen LogP contribution < -0.4 is 0 Å². The summed E-state index contributed by atoms with van der Waals surface area (Å²) in [7, 11) is 0. The van der Waals surface area contributed by atoms with Gasteiger partial charge in [-0.05, 0) is 25.7 Å². The molecule has 0 bridgehead atoms. The zero-order chi connectivity index (χ0) is 53.1. The third kappa shape index (κ3) is 34.6. The van der Waals surface area contributed by atoms with Crippen LogP contribution in [0, 0.1) is 11.3 Å². The minimum atomic E-state index is -2.72. The highest BCUT2D eigenvalue weighted by Gasteiger charge is 2.69. The third-order valence-electron chi connectivity index (χ3n) is 16.2. The second-order valence-electron chi connectivity index (χ2n) is 22.7. The van der Waals surface area contributed by atoms with E-state index in [9.17, 15) is 34.5 Å². The van der Waals surface area contributed by atoms with E-state index in [0.717, 1.165) is 77.0 Å². The van der Waals surface area contributed by atoms with Gasteiger partial charge >= 0.3 is 17.9 Å². The maximum absolute atomic E-state index is 14.0. The molecule has 0 amide bonds.